The van der Waals surface area contributed by atoms with Crippen LogP contribution in [0.4, 0.5) is 13.2 Å². The lowest BCUT2D eigenvalue weighted by Gasteiger charge is -2.41. The summed E-state index contributed by atoms with van der Waals surface area (Å²) < 4.78 is 42.2. The van der Waals surface area contributed by atoms with Gasteiger partial charge in [0.15, 0.2) is 0 Å². The van der Waals surface area contributed by atoms with Gasteiger partial charge in [-0.3, -0.25) is 9.69 Å². The molecule has 1 fully saturated rings. The van der Waals surface area contributed by atoms with E-state index >= 15 is 0 Å². The van der Waals surface area contributed by atoms with Gasteiger partial charge in [0.05, 0.1) is 13.7 Å². The average molecular weight is 282 g/mol. The van der Waals surface area contributed by atoms with Crippen LogP contribution in [0.2, 0.25) is 0 Å². The molecular weight excluding hydrogens is 261 g/mol. The first-order valence-corrected chi connectivity index (χ1v) is 6.40. The maximum atomic E-state index is 12.5. The number of hydrogen-bond acceptors (Lipinski definition) is 4. The SMILES string of the molecule is CCN(CC(F)(F)F)C1CCCC(N)(C(=O)OC)C1. The lowest BCUT2D eigenvalue weighted by atomic mass is 9.79. The van der Waals surface area contributed by atoms with Gasteiger partial charge < -0.3 is 10.5 Å². The quantitative estimate of drug-likeness (QED) is 0.797. The minimum atomic E-state index is -4.24. The van der Waals surface area contributed by atoms with E-state index in [9.17, 15) is 18.0 Å². The Bertz CT molecular complexity index is 323. The lowest BCUT2D eigenvalue weighted by Crippen LogP contribution is -2.57. The molecule has 1 rings (SSSR count). The van der Waals surface area contributed by atoms with Crippen molar-refractivity contribution in [1.29, 1.82) is 0 Å². The molecule has 0 aromatic rings. The zero-order valence-electron chi connectivity index (χ0n) is 11.3. The molecule has 0 heterocycles. The van der Waals surface area contributed by atoms with Crippen molar-refractivity contribution in [3.05, 3.63) is 0 Å². The summed E-state index contributed by atoms with van der Waals surface area (Å²) in [4.78, 5) is 13.0. The summed E-state index contributed by atoms with van der Waals surface area (Å²) in [5, 5.41) is 0. The van der Waals surface area contributed by atoms with Crippen LogP contribution in [-0.2, 0) is 9.53 Å². The summed E-state index contributed by atoms with van der Waals surface area (Å²) >= 11 is 0. The van der Waals surface area contributed by atoms with E-state index in [1.807, 2.05) is 0 Å². The third-order valence-corrected chi connectivity index (χ3v) is 3.66. The van der Waals surface area contributed by atoms with Crippen LogP contribution in [0, 0.1) is 0 Å². The van der Waals surface area contributed by atoms with Crippen LogP contribution >= 0.6 is 0 Å². The van der Waals surface area contributed by atoms with E-state index in [1.54, 1.807) is 6.92 Å². The molecule has 7 heteroatoms. The van der Waals surface area contributed by atoms with Gasteiger partial charge in [-0.1, -0.05) is 6.92 Å². The van der Waals surface area contributed by atoms with Gasteiger partial charge >= 0.3 is 12.1 Å². The lowest BCUT2D eigenvalue weighted by molar-refractivity contribution is -0.156. The Hall–Kier alpha value is -0.820. The van der Waals surface area contributed by atoms with E-state index in [0.29, 0.717) is 19.3 Å². The molecule has 4 nitrogen and oxygen atoms in total. The van der Waals surface area contributed by atoms with Gasteiger partial charge in [0.2, 0.25) is 0 Å². The number of carbonyl (C=O) groups excluding carboxylic acids is 1. The van der Waals surface area contributed by atoms with Gasteiger partial charge in [0.25, 0.3) is 0 Å². The number of esters is 1. The largest absolute Gasteiger partial charge is 0.468 e. The first-order valence-electron chi connectivity index (χ1n) is 6.40. The molecule has 0 aliphatic heterocycles. The van der Waals surface area contributed by atoms with Crippen LogP contribution in [0.5, 0.6) is 0 Å². The number of alkyl halides is 3. The number of halogens is 3. The maximum absolute atomic E-state index is 12.5. The predicted octanol–water partition coefficient (Wildman–Crippen LogP) is 1.68. The van der Waals surface area contributed by atoms with E-state index in [0.717, 1.165) is 0 Å². The fourth-order valence-corrected chi connectivity index (χ4v) is 2.71. The van der Waals surface area contributed by atoms with Gasteiger partial charge in [-0.15, -0.1) is 0 Å². The van der Waals surface area contributed by atoms with Crippen LogP contribution in [0.3, 0.4) is 0 Å². The maximum Gasteiger partial charge on any atom is 0.401 e. The molecule has 0 amide bonds. The molecular formula is C12H21F3N2O2. The first-order chi connectivity index (χ1) is 8.72. The highest BCUT2D eigenvalue weighted by Gasteiger charge is 2.43. The monoisotopic (exact) mass is 282 g/mol. The number of nitrogens with zero attached hydrogens (tertiary/aromatic N) is 1. The number of carbonyl (C=O) groups is 1. The average Bonchev–Trinajstić information content (AvgIpc) is 2.33. The second kappa shape index (κ2) is 6.09. The Labute approximate surface area is 111 Å². The summed E-state index contributed by atoms with van der Waals surface area (Å²) in [5.74, 6) is -0.541. The van der Waals surface area contributed by atoms with Crippen LogP contribution in [0.25, 0.3) is 0 Å². The topological polar surface area (TPSA) is 55.6 Å². The molecule has 1 aliphatic rings. The van der Waals surface area contributed by atoms with Crippen LogP contribution in [-0.4, -0.2) is 48.8 Å². The van der Waals surface area contributed by atoms with Crippen LogP contribution < -0.4 is 5.73 Å². The molecule has 0 aromatic heterocycles. The van der Waals surface area contributed by atoms with E-state index < -0.39 is 24.2 Å². The molecule has 0 aromatic carbocycles. The molecule has 112 valence electrons. The summed E-state index contributed by atoms with van der Waals surface area (Å²) in [6.07, 6.45) is -2.32. The van der Waals surface area contributed by atoms with Crippen molar-refractivity contribution in [2.24, 2.45) is 5.73 Å². The minimum absolute atomic E-state index is 0.212. The molecule has 0 radical (unpaired) electrons. The third-order valence-electron chi connectivity index (χ3n) is 3.66. The van der Waals surface area contributed by atoms with Gasteiger partial charge in [0.1, 0.15) is 5.54 Å². The molecule has 0 spiro atoms. The van der Waals surface area contributed by atoms with Crippen molar-refractivity contribution in [3.63, 3.8) is 0 Å². The Balaban J connectivity index is 2.74. The molecule has 0 saturated heterocycles. The normalized spacial score (nSPS) is 28.5. The second-order valence-corrected chi connectivity index (χ2v) is 5.08. The molecule has 2 unspecified atom stereocenters. The standard InChI is InChI=1S/C12H21F3N2O2/c1-3-17(8-12(13,14)15)9-5-4-6-11(16,7-9)10(18)19-2/h9H,3-8,16H2,1-2H3. The molecule has 1 aliphatic carbocycles. The number of nitrogens with two attached hydrogens (primary N) is 1. The Kier molecular flexibility index (Phi) is 5.20. The van der Waals surface area contributed by atoms with Gasteiger partial charge in [-0.2, -0.15) is 13.2 Å². The fourth-order valence-electron chi connectivity index (χ4n) is 2.71. The van der Waals surface area contributed by atoms with Crippen molar-refractivity contribution in [2.75, 3.05) is 20.2 Å². The van der Waals surface area contributed by atoms with E-state index in [-0.39, 0.29) is 19.0 Å². The van der Waals surface area contributed by atoms with Crippen LogP contribution in [0.15, 0.2) is 0 Å². The van der Waals surface area contributed by atoms with Crippen molar-refractivity contribution in [2.45, 2.75) is 50.4 Å². The van der Waals surface area contributed by atoms with Crippen molar-refractivity contribution in [1.82, 2.24) is 4.90 Å². The van der Waals surface area contributed by atoms with Crippen molar-refractivity contribution >= 4 is 5.97 Å². The number of methoxy groups -OCH3 is 1. The predicted molar refractivity (Wildman–Crippen MR) is 64.5 cm³/mol. The molecule has 19 heavy (non-hydrogen) atoms. The van der Waals surface area contributed by atoms with Gasteiger partial charge in [-0.05, 0) is 32.2 Å². The molecule has 1 saturated carbocycles. The fraction of sp³-hybridized carbons (Fsp3) is 0.917. The zero-order valence-corrected chi connectivity index (χ0v) is 11.3. The molecule has 2 atom stereocenters. The van der Waals surface area contributed by atoms with E-state index in [1.165, 1.54) is 12.0 Å². The van der Waals surface area contributed by atoms with Gasteiger partial charge in [0, 0.05) is 6.04 Å². The van der Waals surface area contributed by atoms with E-state index in [4.69, 9.17) is 5.73 Å². The summed E-state index contributed by atoms with van der Waals surface area (Å²) in [6.45, 7) is 0.990. The summed E-state index contributed by atoms with van der Waals surface area (Å²) in [6, 6.07) is -0.329. The highest BCUT2D eigenvalue weighted by atomic mass is 19.4. The number of rotatable bonds is 4. The highest BCUT2D eigenvalue weighted by Crippen LogP contribution is 2.31. The Morgan fingerprint density at radius 1 is 1.53 bits per heavy atom. The Morgan fingerprint density at radius 2 is 2.16 bits per heavy atom. The molecule has 0 bridgehead atoms. The summed E-state index contributed by atoms with van der Waals surface area (Å²) in [5.41, 5.74) is 4.82. The summed E-state index contributed by atoms with van der Waals surface area (Å²) in [7, 11) is 1.24. The first kappa shape index (κ1) is 16.2. The van der Waals surface area contributed by atoms with E-state index in [2.05, 4.69) is 4.74 Å². The van der Waals surface area contributed by atoms with Gasteiger partial charge in [-0.25, -0.2) is 0 Å². The minimum Gasteiger partial charge on any atom is -0.468 e. The molecule has 2 N–H and O–H groups in total. The second-order valence-electron chi connectivity index (χ2n) is 5.08. The third kappa shape index (κ3) is 4.35. The highest BCUT2D eigenvalue weighted by molar-refractivity contribution is 5.80. The zero-order chi connectivity index (χ0) is 14.7. The smallest absolute Gasteiger partial charge is 0.401 e. The Morgan fingerprint density at radius 3 is 2.63 bits per heavy atom. The number of ether oxygens (including phenoxy) is 1. The number of hydrogen-bond donors (Lipinski definition) is 1. The van der Waals surface area contributed by atoms with Crippen LogP contribution in [0.1, 0.15) is 32.6 Å². The van der Waals surface area contributed by atoms with Crippen molar-refractivity contribution in [3.8, 4) is 0 Å². The van der Waals surface area contributed by atoms with Crippen molar-refractivity contribution < 1.29 is 22.7 Å².